The Hall–Kier alpha value is -11.4. The molecule has 0 atom stereocenters. The molecule has 0 spiro atoms. The summed E-state index contributed by atoms with van der Waals surface area (Å²) in [5, 5.41) is 42.2. The topological polar surface area (TPSA) is 80.4 Å². The molecule has 0 bridgehead atoms. The number of hydrogen-bond donors (Lipinski definition) is 0. The summed E-state index contributed by atoms with van der Waals surface area (Å²) in [6.45, 7) is 0. The van der Waals surface area contributed by atoms with Crippen LogP contribution < -0.4 is 0 Å². The van der Waals surface area contributed by atoms with Gasteiger partial charge in [-0.1, -0.05) is 200 Å². The average Bonchev–Trinajstić information content (AvgIpc) is 4.28. The lowest BCUT2D eigenvalue weighted by Crippen LogP contribution is -2.17. The van der Waals surface area contributed by atoms with E-state index < -0.39 is 0 Å². The second kappa shape index (κ2) is 16.1. The van der Waals surface area contributed by atoms with Gasteiger partial charge in [-0.2, -0.15) is 10.5 Å². The van der Waals surface area contributed by atoms with Gasteiger partial charge < -0.3 is 22.7 Å². The number of aromatic nitrogens is 4. The first-order chi connectivity index (χ1) is 40.2. The van der Waals surface area contributed by atoms with Gasteiger partial charge in [-0.3, -0.25) is 0 Å². The van der Waals surface area contributed by atoms with Gasteiger partial charge in [0.15, 0.2) is 0 Å². The molecule has 0 fully saturated rings. The smallest absolute Gasteiger partial charge is 0.145 e. The van der Waals surface area contributed by atoms with E-state index in [9.17, 15) is 10.5 Å². The molecule has 0 aliphatic carbocycles. The monoisotopic (exact) mass is 1030 g/mol. The van der Waals surface area contributed by atoms with Gasteiger partial charge in [0, 0.05) is 64.6 Å². The number of rotatable bonds is 4. The first kappa shape index (κ1) is 43.7. The summed E-state index contributed by atoms with van der Waals surface area (Å²) in [6.07, 6.45) is 0. The van der Waals surface area contributed by atoms with Crippen molar-refractivity contribution >= 4 is 141 Å². The van der Waals surface area contributed by atoms with Crippen molar-refractivity contribution in [1.29, 1.82) is 10.5 Å². The molecule has 7 heteroatoms. The van der Waals surface area contributed by atoms with Gasteiger partial charge in [-0.15, -0.1) is 0 Å². The highest BCUT2D eigenvalue weighted by atomic mass is 16.3. The summed E-state index contributed by atoms with van der Waals surface area (Å²) < 4.78 is 16.3. The fourth-order valence-electron chi connectivity index (χ4n) is 14.1. The van der Waals surface area contributed by atoms with Crippen LogP contribution in [0.4, 0.5) is 0 Å². The zero-order valence-electron chi connectivity index (χ0n) is 43.2. The molecular formula is C74H40N6O. The second-order valence-corrected chi connectivity index (χ2v) is 21.3. The number of nitrogens with zero attached hydrogens (tertiary/aromatic N) is 6. The largest absolute Gasteiger partial charge is 0.455 e. The maximum atomic E-state index is 12.9. The van der Waals surface area contributed by atoms with E-state index >= 15 is 0 Å². The summed E-state index contributed by atoms with van der Waals surface area (Å²) >= 11 is 0. The van der Waals surface area contributed by atoms with Gasteiger partial charge in [-0.05, 0) is 58.6 Å². The van der Waals surface area contributed by atoms with Crippen LogP contribution in [0.25, 0.3) is 164 Å². The van der Waals surface area contributed by atoms with Crippen molar-refractivity contribution in [3.05, 3.63) is 254 Å². The molecule has 81 heavy (non-hydrogen) atoms. The molecule has 13 aromatic carbocycles. The predicted molar refractivity (Wildman–Crippen MR) is 333 cm³/mol. The molecule has 18 rings (SSSR count). The minimum Gasteiger partial charge on any atom is -0.455 e. The predicted octanol–water partition coefficient (Wildman–Crippen LogP) is 19.2. The van der Waals surface area contributed by atoms with Crippen LogP contribution in [-0.2, 0) is 0 Å². The van der Waals surface area contributed by atoms with Crippen LogP contribution in [0.5, 0.6) is 0 Å². The minimum atomic E-state index is 0.345. The van der Waals surface area contributed by atoms with E-state index in [1.54, 1.807) is 0 Å². The van der Waals surface area contributed by atoms with E-state index in [1.165, 1.54) is 0 Å². The van der Waals surface area contributed by atoms with Crippen molar-refractivity contribution in [2.45, 2.75) is 0 Å². The highest BCUT2D eigenvalue weighted by Gasteiger charge is 2.36. The number of nitriles is 2. The SMILES string of the molecule is N#Cc1c(-n2c3ccccc3c3ccc4ccccc4c32)c(C#N)c(-n2c3ccccc3c3ccc4ccccc4c32)c(-n2c3ccccc3c3c4oc5ccccc5c4ccc32)c1-n1c2ccccc2c2ccc3ccccc3c21. The number of hydrogen-bond acceptors (Lipinski definition) is 3. The third kappa shape index (κ3) is 5.63. The van der Waals surface area contributed by atoms with E-state index in [0.29, 0.717) is 33.9 Å². The van der Waals surface area contributed by atoms with Crippen LogP contribution in [0.15, 0.2) is 247 Å². The molecule has 0 aliphatic heterocycles. The summed E-state index contributed by atoms with van der Waals surface area (Å²) in [7, 11) is 0. The van der Waals surface area contributed by atoms with Crippen molar-refractivity contribution in [2.75, 3.05) is 0 Å². The van der Waals surface area contributed by atoms with Crippen molar-refractivity contribution in [3.63, 3.8) is 0 Å². The minimum absolute atomic E-state index is 0.345. The lowest BCUT2D eigenvalue weighted by molar-refractivity contribution is 0.673. The first-order valence-electron chi connectivity index (χ1n) is 27.3. The molecule has 0 saturated carbocycles. The maximum absolute atomic E-state index is 12.9. The van der Waals surface area contributed by atoms with Crippen molar-refractivity contribution in [2.24, 2.45) is 0 Å². The van der Waals surface area contributed by atoms with E-state index in [4.69, 9.17) is 4.42 Å². The number of para-hydroxylation sites is 5. The zero-order chi connectivity index (χ0) is 53.2. The lowest BCUT2D eigenvalue weighted by Gasteiger charge is -2.27. The fourth-order valence-corrected chi connectivity index (χ4v) is 14.1. The summed E-state index contributed by atoms with van der Waals surface area (Å²) in [6, 6.07) is 91.4. The van der Waals surface area contributed by atoms with Gasteiger partial charge >= 0.3 is 0 Å². The Kier molecular flexibility index (Phi) is 8.68. The number of benzene rings is 13. The van der Waals surface area contributed by atoms with E-state index in [0.717, 1.165) is 141 Å². The van der Waals surface area contributed by atoms with Crippen LogP contribution in [0.3, 0.4) is 0 Å². The molecular weight excluding hydrogens is 989 g/mol. The highest BCUT2D eigenvalue weighted by Crippen LogP contribution is 2.51. The van der Waals surface area contributed by atoms with Crippen molar-refractivity contribution in [1.82, 2.24) is 18.3 Å². The van der Waals surface area contributed by atoms with E-state index in [1.807, 2.05) is 12.1 Å². The summed E-state index contributed by atoms with van der Waals surface area (Å²) in [5.41, 5.74) is 12.0. The molecule has 0 radical (unpaired) electrons. The number of furan rings is 1. The van der Waals surface area contributed by atoms with Gasteiger partial charge in [0.05, 0.1) is 72.3 Å². The van der Waals surface area contributed by atoms with E-state index in [2.05, 4.69) is 261 Å². The quantitative estimate of drug-likeness (QED) is 0.176. The third-order valence-electron chi connectivity index (χ3n) is 17.4. The highest BCUT2D eigenvalue weighted by molar-refractivity contribution is 6.26. The molecule has 0 N–H and O–H groups in total. The fraction of sp³-hybridized carbons (Fsp3) is 0. The van der Waals surface area contributed by atoms with Gasteiger partial charge in [0.25, 0.3) is 0 Å². The Balaban J connectivity index is 1.20. The standard InChI is InChI=1S/C74H40N6O/c75-41-58-70(78-60-28-12-7-23-49(60)53-36-33-43-17-1-4-20-46(43)67(53)78)59(42-76)72(80-62-30-14-9-25-51(62)55-38-35-45-19-3-6-22-48(45)69(55)80)73(71(58)79-61-29-13-8-24-50(61)54-37-34-44-18-2-5-21-47(44)68(54)79)77-63-31-15-10-27-57(63)66-64(77)40-39-56-52-26-11-16-32-65(52)81-74(56)66/h1-40H. The summed E-state index contributed by atoms with van der Waals surface area (Å²) in [5.74, 6) is 0. The first-order valence-corrected chi connectivity index (χ1v) is 27.3. The summed E-state index contributed by atoms with van der Waals surface area (Å²) in [4.78, 5) is 0. The molecule has 5 heterocycles. The normalized spacial score (nSPS) is 12.2. The van der Waals surface area contributed by atoms with Crippen LogP contribution in [0, 0.1) is 22.7 Å². The van der Waals surface area contributed by atoms with Crippen LogP contribution in [0.1, 0.15) is 11.1 Å². The second-order valence-electron chi connectivity index (χ2n) is 21.3. The van der Waals surface area contributed by atoms with Gasteiger partial charge in [-0.25, -0.2) is 0 Å². The molecule has 0 aliphatic rings. The Morgan fingerprint density at radius 1 is 0.259 bits per heavy atom. The average molecular weight is 1030 g/mol. The maximum Gasteiger partial charge on any atom is 0.145 e. The molecule has 372 valence electrons. The molecule has 0 saturated heterocycles. The molecule has 18 aromatic rings. The van der Waals surface area contributed by atoms with E-state index in [-0.39, 0.29) is 0 Å². The molecule has 0 amide bonds. The Morgan fingerprint density at radius 3 is 1.07 bits per heavy atom. The molecule has 7 nitrogen and oxygen atoms in total. The molecule has 0 unspecified atom stereocenters. The lowest BCUT2D eigenvalue weighted by atomic mass is 9.98. The van der Waals surface area contributed by atoms with Crippen LogP contribution in [0.2, 0.25) is 0 Å². The number of fused-ring (bicyclic) bond motifs is 22. The van der Waals surface area contributed by atoms with Gasteiger partial charge in [0.2, 0.25) is 0 Å². The molecule has 5 aromatic heterocycles. The Labute approximate surface area is 461 Å². The van der Waals surface area contributed by atoms with Gasteiger partial charge in [0.1, 0.15) is 34.4 Å². The Morgan fingerprint density at radius 2 is 0.617 bits per heavy atom. The van der Waals surface area contributed by atoms with Crippen molar-refractivity contribution < 1.29 is 4.42 Å². The van der Waals surface area contributed by atoms with Crippen LogP contribution >= 0.6 is 0 Å². The third-order valence-corrected chi connectivity index (χ3v) is 17.4. The zero-order valence-corrected chi connectivity index (χ0v) is 43.2. The van der Waals surface area contributed by atoms with Crippen molar-refractivity contribution in [3.8, 4) is 34.9 Å². The van der Waals surface area contributed by atoms with Crippen LogP contribution in [-0.4, -0.2) is 18.3 Å². The Bertz CT molecular complexity index is 5750.